The van der Waals surface area contributed by atoms with E-state index in [0.29, 0.717) is 0 Å². The molecule has 0 aromatic rings. The first-order valence-electron chi connectivity index (χ1n) is 6.45. The van der Waals surface area contributed by atoms with Crippen molar-refractivity contribution >= 4 is 0 Å². The largest absolute Gasteiger partial charge is 0.390 e. The minimum Gasteiger partial charge on any atom is -0.390 e. The zero-order valence-corrected chi connectivity index (χ0v) is 11.0. The first kappa shape index (κ1) is 11.9. The first-order chi connectivity index (χ1) is 7.34. The van der Waals surface area contributed by atoms with Crippen LogP contribution >= 0.6 is 0 Å². The topological polar surface area (TPSA) is 20.2 Å². The molecule has 0 unspecified atom stereocenters. The van der Waals surface area contributed by atoms with Crippen LogP contribution in [0.3, 0.4) is 0 Å². The molecule has 0 radical (unpaired) electrons. The maximum absolute atomic E-state index is 10.2. The van der Waals surface area contributed by atoms with Gasteiger partial charge in [-0.15, -0.1) is 0 Å². The molecule has 0 aromatic heterocycles. The van der Waals surface area contributed by atoms with Gasteiger partial charge >= 0.3 is 0 Å². The molecule has 1 nitrogen and oxygen atoms in total. The second kappa shape index (κ2) is 3.73. The van der Waals surface area contributed by atoms with Crippen LogP contribution < -0.4 is 0 Å². The zero-order chi connectivity index (χ0) is 12.0. The lowest BCUT2D eigenvalue weighted by molar-refractivity contribution is 0.00972. The third-order valence-electron chi connectivity index (χ3n) is 4.77. The number of allylic oxidation sites excluding steroid dienone is 3. The lowest BCUT2D eigenvalue weighted by Crippen LogP contribution is -2.40. The number of aliphatic hydroxyl groups is 1. The Bertz CT molecular complexity index is 332. The lowest BCUT2D eigenvalue weighted by Gasteiger charge is -2.46. The molecular weight excluding hydrogens is 196 g/mol. The van der Waals surface area contributed by atoms with Crippen molar-refractivity contribution in [3.63, 3.8) is 0 Å². The van der Waals surface area contributed by atoms with Crippen LogP contribution in [0.1, 0.15) is 47.0 Å². The normalized spacial score (nSPS) is 39.2. The summed E-state index contributed by atoms with van der Waals surface area (Å²) in [4.78, 5) is 0. The fraction of sp³-hybridized carbons (Fsp3) is 0.733. The van der Waals surface area contributed by atoms with Gasteiger partial charge in [0.15, 0.2) is 0 Å². The van der Waals surface area contributed by atoms with E-state index >= 15 is 0 Å². The van der Waals surface area contributed by atoms with Gasteiger partial charge in [-0.25, -0.2) is 0 Å². The van der Waals surface area contributed by atoms with Crippen molar-refractivity contribution < 1.29 is 5.11 Å². The Hall–Kier alpha value is -0.560. The molecule has 2 aliphatic rings. The van der Waals surface area contributed by atoms with Crippen LogP contribution in [0.5, 0.6) is 0 Å². The summed E-state index contributed by atoms with van der Waals surface area (Å²) in [5.41, 5.74) is 1.17. The highest BCUT2D eigenvalue weighted by atomic mass is 16.3. The molecule has 0 fully saturated rings. The van der Waals surface area contributed by atoms with E-state index in [1.807, 2.05) is 13.8 Å². The third kappa shape index (κ3) is 1.86. The summed E-state index contributed by atoms with van der Waals surface area (Å²) in [5, 5.41) is 10.2. The van der Waals surface area contributed by atoms with E-state index in [-0.39, 0.29) is 11.3 Å². The highest BCUT2D eigenvalue weighted by Crippen LogP contribution is 2.51. The minimum absolute atomic E-state index is 0.275. The fourth-order valence-electron chi connectivity index (χ4n) is 3.13. The molecule has 1 N–H and O–H groups in total. The molecule has 1 heteroatoms. The van der Waals surface area contributed by atoms with E-state index in [0.717, 1.165) is 12.3 Å². The Morgan fingerprint density at radius 3 is 2.75 bits per heavy atom. The smallest absolute Gasteiger partial charge is 0.0654 e. The van der Waals surface area contributed by atoms with Gasteiger partial charge in [-0.3, -0.25) is 0 Å². The highest BCUT2D eigenvalue weighted by molar-refractivity contribution is 5.33. The molecule has 2 aliphatic carbocycles. The molecule has 0 saturated heterocycles. The average molecular weight is 220 g/mol. The molecule has 0 aliphatic heterocycles. The second-order valence-electron chi connectivity index (χ2n) is 6.38. The maximum Gasteiger partial charge on any atom is 0.0654 e. The van der Waals surface area contributed by atoms with Crippen molar-refractivity contribution in [2.45, 2.75) is 52.6 Å². The number of fused-ring (bicyclic) bond motifs is 1. The van der Waals surface area contributed by atoms with Gasteiger partial charge in [-0.2, -0.15) is 0 Å². The van der Waals surface area contributed by atoms with Gasteiger partial charge in [0.2, 0.25) is 0 Å². The summed E-state index contributed by atoms with van der Waals surface area (Å²) in [5.74, 6) is 1.01. The second-order valence-corrected chi connectivity index (χ2v) is 6.38. The molecule has 3 atom stereocenters. The summed E-state index contributed by atoms with van der Waals surface area (Å²) < 4.78 is 0. The van der Waals surface area contributed by atoms with Crippen LogP contribution in [0.4, 0.5) is 0 Å². The van der Waals surface area contributed by atoms with Crippen molar-refractivity contribution in [1.29, 1.82) is 0 Å². The molecule has 0 amide bonds. The summed E-state index contributed by atoms with van der Waals surface area (Å²) in [7, 11) is 0. The Kier molecular flexibility index (Phi) is 2.78. The average Bonchev–Trinajstić information content (AvgIpc) is 2.17. The van der Waals surface area contributed by atoms with E-state index < -0.39 is 5.60 Å². The Morgan fingerprint density at radius 1 is 1.44 bits per heavy atom. The molecule has 0 spiro atoms. The van der Waals surface area contributed by atoms with E-state index in [4.69, 9.17) is 0 Å². The van der Waals surface area contributed by atoms with E-state index in [1.165, 1.54) is 18.4 Å². The van der Waals surface area contributed by atoms with E-state index in [2.05, 4.69) is 32.1 Å². The number of hydrogen-bond donors (Lipinski definition) is 1. The summed E-state index contributed by atoms with van der Waals surface area (Å²) >= 11 is 0. The summed E-state index contributed by atoms with van der Waals surface area (Å²) in [6.07, 6.45) is 10.4. The van der Waals surface area contributed by atoms with Crippen LogP contribution in [0.15, 0.2) is 23.8 Å². The van der Waals surface area contributed by atoms with Crippen molar-refractivity contribution in [2.75, 3.05) is 0 Å². The van der Waals surface area contributed by atoms with Crippen LogP contribution in [-0.4, -0.2) is 10.7 Å². The predicted octanol–water partition coefficient (Wildman–Crippen LogP) is 3.70. The van der Waals surface area contributed by atoms with Gasteiger partial charge in [0.1, 0.15) is 0 Å². The molecule has 0 heterocycles. The van der Waals surface area contributed by atoms with Crippen molar-refractivity contribution in [3.05, 3.63) is 23.8 Å². The van der Waals surface area contributed by atoms with Gasteiger partial charge < -0.3 is 5.11 Å². The molecule has 0 bridgehead atoms. The van der Waals surface area contributed by atoms with Crippen LogP contribution in [-0.2, 0) is 0 Å². The SMILES string of the molecule is C[C@@H]1CCC=C2C=C[C@@H](C(C)(C)O)C[C@]21C. The van der Waals surface area contributed by atoms with E-state index in [9.17, 15) is 5.11 Å². The molecule has 0 saturated carbocycles. The van der Waals surface area contributed by atoms with Gasteiger partial charge in [-0.05, 0) is 50.0 Å². The van der Waals surface area contributed by atoms with Crippen molar-refractivity contribution in [3.8, 4) is 0 Å². The van der Waals surface area contributed by atoms with Crippen molar-refractivity contribution in [2.24, 2.45) is 17.3 Å². The predicted molar refractivity (Wildman–Crippen MR) is 68.1 cm³/mol. The standard InChI is InChI=1S/C15H24O/c1-11-6-5-7-12-8-9-13(14(2,3)16)10-15(11,12)4/h7-9,11,13,16H,5-6,10H2,1-4H3/t11-,13-,15+/m1/s1. The maximum atomic E-state index is 10.2. The fourth-order valence-corrected chi connectivity index (χ4v) is 3.13. The zero-order valence-electron chi connectivity index (χ0n) is 11.0. The summed E-state index contributed by atoms with van der Waals surface area (Å²) in [6, 6.07) is 0. The van der Waals surface area contributed by atoms with Gasteiger partial charge in [-0.1, -0.05) is 32.1 Å². The number of hydrogen-bond acceptors (Lipinski definition) is 1. The van der Waals surface area contributed by atoms with Crippen LogP contribution in [0, 0.1) is 17.3 Å². The van der Waals surface area contributed by atoms with Gasteiger partial charge in [0.05, 0.1) is 5.60 Å². The Balaban J connectivity index is 2.33. The molecule has 2 rings (SSSR count). The molecular formula is C15H24O. The highest BCUT2D eigenvalue weighted by Gasteiger charge is 2.42. The monoisotopic (exact) mass is 220 g/mol. The van der Waals surface area contributed by atoms with Crippen LogP contribution in [0.2, 0.25) is 0 Å². The van der Waals surface area contributed by atoms with E-state index in [1.54, 1.807) is 0 Å². The quantitative estimate of drug-likeness (QED) is 0.714. The van der Waals surface area contributed by atoms with Crippen LogP contribution in [0.25, 0.3) is 0 Å². The lowest BCUT2D eigenvalue weighted by atomic mass is 9.59. The summed E-state index contributed by atoms with van der Waals surface area (Å²) in [6.45, 7) is 8.57. The Morgan fingerprint density at radius 2 is 2.12 bits per heavy atom. The molecule has 90 valence electrons. The Labute approximate surface area is 99.3 Å². The number of rotatable bonds is 1. The van der Waals surface area contributed by atoms with Gasteiger partial charge in [0.25, 0.3) is 0 Å². The molecule has 0 aromatic carbocycles. The molecule has 16 heavy (non-hydrogen) atoms. The first-order valence-corrected chi connectivity index (χ1v) is 6.45. The minimum atomic E-state index is -0.595. The third-order valence-corrected chi connectivity index (χ3v) is 4.77. The van der Waals surface area contributed by atoms with Gasteiger partial charge in [0, 0.05) is 5.92 Å². The van der Waals surface area contributed by atoms with Crippen molar-refractivity contribution in [1.82, 2.24) is 0 Å².